The van der Waals surface area contributed by atoms with Crippen LogP contribution in [0.3, 0.4) is 0 Å². The molecule has 13 heavy (non-hydrogen) atoms. The molecule has 0 aliphatic heterocycles. The Bertz CT molecular complexity index is 174. The van der Waals surface area contributed by atoms with Crippen molar-refractivity contribution in [2.45, 2.75) is 46.1 Å². The lowest BCUT2D eigenvalue weighted by molar-refractivity contribution is 0.355. The Labute approximate surface area is 82.6 Å². The molecular weight excluding hydrogens is 158 g/mol. The van der Waals surface area contributed by atoms with Crippen molar-refractivity contribution >= 4 is 0 Å². The number of hydrogen-bond donors (Lipinski definition) is 1. The number of hydrogen-bond acceptors (Lipinski definition) is 1. The standard InChI is InChI=1S/C12H23N/c1-5-13-12-7-6-11(10(12)4)8-9(2)3/h10-13H,2,5-8H2,1,3-4H3. The molecule has 3 atom stereocenters. The van der Waals surface area contributed by atoms with E-state index in [9.17, 15) is 0 Å². The van der Waals surface area contributed by atoms with Crippen LogP contribution in [-0.2, 0) is 0 Å². The highest BCUT2D eigenvalue weighted by Gasteiger charge is 2.31. The maximum atomic E-state index is 4.00. The molecule has 0 spiro atoms. The molecule has 1 N–H and O–H groups in total. The van der Waals surface area contributed by atoms with Gasteiger partial charge < -0.3 is 5.32 Å². The van der Waals surface area contributed by atoms with Gasteiger partial charge in [-0.15, -0.1) is 6.58 Å². The first-order chi connectivity index (χ1) is 6.15. The lowest BCUT2D eigenvalue weighted by Crippen LogP contribution is -2.32. The molecule has 1 fully saturated rings. The number of nitrogens with one attached hydrogen (secondary N) is 1. The quantitative estimate of drug-likeness (QED) is 0.657. The summed E-state index contributed by atoms with van der Waals surface area (Å²) in [7, 11) is 0. The Morgan fingerprint density at radius 2 is 2.15 bits per heavy atom. The van der Waals surface area contributed by atoms with E-state index in [1.165, 1.54) is 24.8 Å². The van der Waals surface area contributed by atoms with E-state index in [2.05, 4.69) is 32.7 Å². The maximum Gasteiger partial charge on any atom is 0.00954 e. The molecule has 1 rings (SSSR count). The van der Waals surface area contributed by atoms with Crippen LogP contribution in [0.5, 0.6) is 0 Å². The Hall–Kier alpha value is -0.300. The first-order valence-corrected chi connectivity index (χ1v) is 5.53. The lowest BCUT2D eigenvalue weighted by atomic mass is 9.90. The van der Waals surface area contributed by atoms with E-state index in [1.54, 1.807) is 0 Å². The van der Waals surface area contributed by atoms with Crippen LogP contribution in [0.15, 0.2) is 12.2 Å². The summed E-state index contributed by atoms with van der Waals surface area (Å²) in [5.41, 5.74) is 1.34. The smallest absolute Gasteiger partial charge is 0.00954 e. The Morgan fingerprint density at radius 3 is 2.69 bits per heavy atom. The summed E-state index contributed by atoms with van der Waals surface area (Å²) in [4.78, 5) is 0. The molecule has 0 saturated heterocycles. The van der Waals surface area contributed by atoms with Gasteiger partial charge >= 0.3 is 0 Å². The third kappa shape index (κ3) is 2.84. The molecule has 1 aliphatic carbocycles. The van der Waals surface area contributed by atoms with E-state index in [4.69, 9.17) is 0 Å². The minimum Gasteiger partial charge on any atom is -0.314 e. The number of rotatable bonds is 4. The van der Waals surface area contributed by atoms with Gasteiger partial charge in [-0.2, -0.15) is 0 Å². The fourth-order valence-electron chi connectivity index (χ4n) is 2.53. The zero-order valence-electron chi connectivity index (χ0n) is 9.27. The summed E-state index contributed by atoms with van der Waals surface area (Å²) in [6.07, 6.45) is 3.96. The van der Waals surface area contributed by atoms with E-state index in [0.29, 0.717) is 0 Å². The predicted molar refractivity (Wildman–Crippen MR) is 58.8 cm³/mol. The van der Waals surface area contributed by atoms with Crippen molar-refractivity contribution in [2.24, 2.45) is 11.8 Å². The van der Waals surface area contributed by atoms with E-state index in [-0.39, 0.29) is 0 Å². The summed E-state index contributed by atoms with van der Waals surface area (Å²) < 4.78 is 0. The van der Waals surface area contributed by atoms with Gasteiger partial charge in [-0.05, 0) is 44.6 Å². The van der Waals surface area contributed by atoms with E-state index < -0.39 is 0 Å². The van der Waals surface area contributed by atoms with Gasteiger partial charge in [0, 0.05) is 6.04 Å². The van der Waals surface area contributed by atoms with Crippen molar-refractivity contribution in [3.63, 3.8) is 0 Å². The first kappa shape index (κ1) is 10.8. The molecule has 0 aromatic heterocycles. The Balaban J connectivity index is 2.40. The Kier molecular flexibility index (Phi) is 3.98. The molecule has 0 bridgehead atoms. The van der Waals surface area contributed by atoms with Gasteiger partial charge in [0.25, 0.3) is 0 Å². The van der Waals surface area contributed by atoms with Crippen molar-refractivity contribution in [3.8, 4) is 0 Å². The van der Waals surface area contributed by atoms with Crippen molar-refractivity contribution in [3.05, 3.63) is 12.2 Å². The van der Waals surface area contributed by atoms with Crippen molar-refractivity contribution in [2.75, 3.05) is 6.54 Å². The van der Waals surface area contributed by atoms with Crippen LogP contribution in [0.2, 0.25) is 0 Å². The van der Waals surface area contributed by atoms with Gasteiger partial charge in [0.05, 0.1) is 0 Å². The van der Waals surface area contributed by atoms with Crippen LogP contribution < -0.4 is 5.32 Å². The third-order valence-electron chi connectivity index (χ3n) is 3.30. The predicted octanol–water partition coefficient (Wildman–Crippen LogP) is 2.98. The van der Waals surface area contributed by atoms with E-state index in [0.717, 1.165) is 24.4 Å². The van der Waals surface area contributed by atoms with Crippen molar-refractivity contribution in [1.29, 1.82) is 0 Å². The molecule has 0 amide bonds. The zero-order valence-corrected chi connectivity index (χ0v) is 9.27. The zero-order chi connectivity index (χ0) is 9.84. The number of allylic oxidation sites excluding steroid dienone is 1. The second kappa shape index (κ2) is 4.80. The largest absolute Gasteiger partial charge is 0.314 e. The highest BCUT2D eigenvalue weighted by molar-refractivity contribution is 4.96. The van der Waals surface area contributed by atoms with Gasteiger partial charge in [-0.25, -0.2) is 0 Å². The van der Waals surface area contributed by atoms with Crippen LogP contribution in [0.25, 0.3) is 0 Å². The molecule has 76 valence electrons. The fraction of sp³-hybridized carbons (Fsp3) is 0.833. The second-order valence-electron chi connectivity index (χ2n) is 4.52. The first-order valence-electron chi connectivity index (χ1n) is 5.53. The average Bonchev–Trinajstić information content (AvgIpc) is 2.36. The topological polar surface area (TPSA) is 12.0 Å². The molecular formula is C12H23N. The molecule has 1 heteroatoms. The minimum atomic E-state index is 0.759. The summed E-state index contributed by atoms with van der Waals surface area (Å²) in [5.74, 6) is 1.71. The third-order valence-corrected chi connectivity index (χ3v) is 3.30. The maximum absolute atomic E-state index is 4.00. The van der Waals surface area contributed by atoms with Crippen molar-refractivity contribution in [1.82, 2.24) is 5.32 Å². The van der Waals surface area contributed by atoms with Gasteiger partial charge in [0.15, 0.2) is 0 Å². The van der Waals surface area contributed by atoms with Crippen LogP contribution in [-0.4, -0.2) is 12.6 Å². The normalized spacial score (nSPS) is 33.6. The Morgan fingerprint density at radius 1 is 1.46 bits per heavy atom. The van der Waals surface area contributed by atoms with Crippen molar-refractivity contribution < 1.29 is 0 Å². The molecule has 1 aliphatic rings. The summed E-state index contributed by atoms with van der Waals surface area (Å²) >= 11 is 0. The second-order valence-corrected chi connectivity index (χ2v) is 4.52. The summed E-state index contributed by atoms with van der Waals surface area (Å²) in [6.45, 7) is 11.8. The fourth-order valence-corrected chi connectivity index (χ4v) is 2.53. The lowest BCUT2D eigenvalue weighted by Gasteiger charge is -2.21. The van der Waals surface area contributed by atoms with E-state index >= 15 is 0 Å². The van der Waals surface area contributed by atoms with Gasteiger partial charge in [-0.1, -0.05) is 19.4 Å². The molecule has 3 unspecified atom stereocenters. The van der Waals surface area contributed by atoms with Crippen LogP contribution >= 0.6 is 0 Å². The van der Waals surface area contributed by atoms with E-state index in [1.807, 2.05) is 0 Å². The van der Waals surface area contributed by atoms with Crippen LogP contribution in [0.1, 0.15) is 40.0 Å². The van der Waals surface area contributed by atoms with Gasteiger partial charge in [-0.3, -0.25) is 0 Å². The highest BCUT2D eigenvalue weighted by atomic mass is 14.9. The molecule has 0 aromatic carbocycles. The monoisotopic (exact) mass is 181 g/mol. The molecule has 0 radical (unpaired) electrons. The van der Waals surface area contributed by atoms with Crippen LogP contribution in [0, 0.1) is 11.8 Å². The average molecular weight is 181 g/mol. The molecule has 1 saturated carbocycles. The van der Waals surface area contributed by atoms with Gasteiger partial charge in [0.2, 0.25) is 0 Å². The SMILES string of the molecule is C=C(C)CC1CCC(NCC)C1C. The highest BCUT2D eigenvalue weighted by Crippen LogP contribution is 2.35. The van der Waals surface area contributed by atoms with Gasteiger partial charge in [0.1, 0.15) is 0 Å². The molecule has 0 aromatic rings. The van der Waals surface area contributed by atoms with Crippen LogP contribution in [0.4, 0.5) is 0 Å². The minimum absolute atomic E-state index is 0.759. The summed E-state index contributed by atoms with van der Waals surface area (Å²) in [6, 6.07) is 0.759. The molecule has 0 heterocycles. The summed E-state index contributed by atoms with van der Waals surface area (Å²) in [5, 5.41) is 3.57. The molecule has 1 nitrogen and oxygen atoms in total.